The lowest BCUT2D eigenvalue weighted by atomic mass is 10.0. The van der Waals surface area contributed by atoms with Gasteiger partial charge in [-0.05, 0) is 19.3 Å². The summed E-state index contributed by atoms with van der Waals surface area (Å²) in [5.41, 5.74) is 1.57. The van der Waals surface area contributed by atoms with Crippen molar-refractivity contribution >= 4 is 34.8 Å². The Labute approximate surface area is 160 Å². The first kappa shape index (κ1) is 18.3. The van der Waals surface area contributed by atoms with Crippen LogP contribution in [0.5, 0.6) is 34.5 Å². The molecule has 3 rings (SSSR count). The predicted octanol–water partition coefficient (Wildman–Crippen LogP) is 6.64. The van der Waals surface area contributed by atoms with Crippen LogP contribution in [0.15, 0.2) is 0 Å². The van der Waals surface area contributed by atoms with Gasteiger partial charge in [-0.1, -0.05) is 55.6 Å². The van der Waals surface area contributed by atoms with Crippen molar-refractivity contribution < 1.29 is 19.7 Å². The molecule has 0 saturated heterocycles. The van der Waals surface area contributed by atoms with E-state index in [1.165, 1.54) is 0 Å². The van der Waals surface area contributed by atoms with Gasteiger partial charge in [0.1, 0.15) is 5.02 Å². The Hall–Kier alpha value is -1.49. The predicted molar refractivity (Wildman–Crippen MR) is 99.5 cm³/mol. The average molecular weight is 404 g/mol. The van der Waals surface area contributed by atoms with Crippen molar-refractivity contribution in [2.75, 3.05) is 0 Å². The highest BCUT2D eigenvalue weighted by atomic mass is 35.5. The fraction of sp³-hybridized carbons (Fsp3) is 0.333. The van der Waals surface area contributed by atoms with Gasteiger partial charge in [0.2, 0.25) is 0 Å². The molecule has 2 aromatic carbocycles. The van der Waals surface area contributed by atoms with Gasteiger partial charge >= 0.3 is 0 Å². The van der Waals surface area contributed by atoms with Crippen molar-refractivity contribution in [3.8, 4) is 34.5 Å². The summed E-state index contributed by atoms with van der Waals surface area (Å²) in [7, 11) is 0. The molecule has 1 aliphatic heterocycles. The van der Waals surface area contributed by atoms with Gasteiger partial charge in [-0.2, -0.15) is 0 Å². The summed E-state index contributed by atoms with van der Waals surface area (Å²) in [6.07, 6.45) is 1.44. The molecule has 7 heteroatoms. The van der Waals surface area contributed by atoms with E-state index < -0.39 is 0 Å². The van der Waals surface area contributed by atoms with Gasteiger partial charge in [0.15, 0.2) is 34.5 Å². The van der Waals surface area contributed by atoms with Crippen LogP contribution in [0.1, 0.15) is 37.5 Å². The summed E-state index contributed by atoms with van der Waals surface area (Å²) in [5.74, 6) is 0.945. The van der Waals surface area contributed by atoms with Crippen molar-refractivity contribution in [3.63, 3.8) is 0 Å². The Morgan fingerprint density at radius 3 is 1.44 bits per heavy atom. The molecule has 0 bridgehead atoms. The van der Waals surface area contributed by atoms with Crippen LogP contribution in [0, 0.1) is 0 Å². The SMILES string of the molecule is CCc1c(Cl)c(Cl)c(Cl)c2c1Oc1c(CC)c(O)c(O)c(CC)c1O2. The van der Waals surface area contributed by atoms with Crippen LogP contribution in [0.4, 0.5) is 0 Å². The minimum atomic E-state index is -0.211. The van der Waals surface area contributed by atoms with E-state index in [0.29, 0.717) is 58.2 Å². The first-order chi connectivity index (χ1) is 11.9. The number of hydrogen-bond donors (Lipinski definition) is 2. The zero-order chi connectivity index (χ0) is 18.5. The third-order valence-electron chi connectivity index (χ3n) is 4.35. The van der Waals surface area contributed by atoms with Gasteiger partial charge in [-0.15, -0.1) is 0 Å². The standard InChI is InChI=1S/C18H17Cl3O4/c1-4-7-10(19)11(20)12(21)18-15(7)24-16-8(5-2)13(22)14(23)9(6-3)17(16)25-18/h22-23H,4-6H2,1-3H3. The van der Waals surface area contributed by atoms with E-state index in [0.717, 1.165) is 0 Å². The zero-order valence-electron chi connectivity index (χ0n) is 14.0. The largest absolute Gasteiger partial charge is 0.504 e. The molecule has 0 fully saturated rings. The number of phenolic OH excluding ortho intramolecular Hbond substituents is 2. The third kappa shape index (κ3) is 2.59. The molecule has 0 radical (unpaired) electrons. The molecule has 4 nitrogen and oxygen atoms in total. The maximum absolute atomic E-state index is 10.3. The summed E-state index contributed by atoms with van der Waals surface area (Å²) in [4.78, 5) is 0. The van der Waals surface area contributed by atoms with E-state index in [1.54, 1.807) is 0 Å². The lowest BCUT2D eigenvalue weighted by molar-refractivity contribution is 0.334. The minimum Gasteiger partial charge on any atom is -0.504 e. The van der Waals surface area contributed by atoms with Crippen LogP contribution >= 0.6 is 34.8 Å². The number of phenols is 2. The van der Waals surface area contributed by atoms with E-state index in [4.69, 9.17) is 44.3 Å². The first-order valence-corrected chi connectivity index (χ1v) is 9.15. The van der Waals surface area contributed by atoms with Crippen LogP contribution in [-0.2, 0) is 19.3 Å². The Morgan fingerprint density at radius 2 is 1.00 bits per heavy atom. The van der Waals surface area contributed by atoms with E-state index in [9.17, 15) is 10.2 Å². The van der Waals surface area contributed by atoms with Crippen molar-refractivity contribution in [1.82, 2.24) is 0 Å². The van der Waals surface area contributed by atoms with Crippen LogP contribution < -0.4 is 9.47 Å². The van der Waals surface area contributed by atoms with E-state index >= 15 is 0 Å². The van der Waals surface area contributed by atoms with Gasteiger partial charge < -0.3 is 19.7 Å². The Bertz CT molecular complexity index is 878. The molecule has 1 heterocycles. The average Bonchev–Trinajstić information content (AvgIpc) is 2.61. The number of benzene rings is 2. The molecule has 0 unspecified atom stereocenters. The molecule has 0 spiro atoms. The molecular weight excluding hydrogens is 387 g/mol. The second-order valence-electron chi connectivity index (χ2n) is 5.66. The van der Waals surface area contributed by atoms with Crippen LogP contribution in [0.3, 0.4) is 0 Å². The number of halogens is 3. The number of fused-ring (bicyclic) bond motifs is 2. The number of rotatable bonds is 3. The number of ether oxygens (including phenoxy) is 2. The van der Waals surface area contributed by atoms with Gasteiger partial charge in [-0.25, -0.2) is 0 Å². The summed E-state index contributed by atoms with van der Waals surface area (Å²) >= 11 is 18.9. The van der Waals surface area contributed by atoms with Gasteiger partial charge in [0, 0.05) is 16.7 Å². The smallest absolute Gasteiger partial charge is 0.190 e. The van der Waals surface area contributed by atoms with Crippen molar-refractivity contribution in [3.05, 3.63) is 31.8 Å². The highest BCUT2D eigenvalue weighted by molar-refractivity contribution is 6.49. The summed E-state index contributed by atoms with van der Waals surface area (Å²) < 4.78 is 12.1. The maximum atomic E-state index is 10.3. The van der Waals surface area contributed by atoms with Crippen LogP contribution in [-0.4, -0.2) is 10.2 Å². The monoisotopic (exact) mass is 402 g/mol. The fourth-order valence-corrected chi connectivity index (χ4v) is 3.81. The molecule has 0 saturated carbocycles. The highest BCUT2D eigenvalue weighted by Gasteiger charge is 2.34. The molecule has 0 aromatic heterocycles. The Morgan fingerprint density at radius 1 is 0.600 bits per heavy atom. The van der Waals surface area contributed by atoms with Gasteiger partial charge in [0.05, 0.1) is 10.0 Å². The van der Waals surface area contributed by atoms with E-state index in [-0.39, 0.29) is 27.3 Å². The third-order valence-corrected chi connectivity index (χ3v) is 5.70. The molecule has 0 atom stereocenters. The van der Waals surface area contributed by atoms with Crippen LogP contribution in [0.25, 0.3) is 0 Å². The minimum absolute atomic E-state index is 0.150. The summed E-state index contributed by atoms with van der Waals surface area (Å²) in [5, 5.41) is 21.3. The molecule has 2 aromatic rings. The number of aromatic hydroxyl groups is 2. The van der Waals surface area contributed by atoms with Gasteiger partial charge in [-0.3, -0.25) is 0 Å². The molecular formula is C18H17Cl3O4. The van der Waals surface area contributed by atoms with Crippen LogP contribution in [0.2, 0.25) is 15.1 Å². The van der Waals surface area contributed by atoms with E-state index in [1.807, 2.05) is 20.8 Å². The molecule has 0 amide bonds. The summed E-state index contributed by atoms with van der Waals surface area (Å²) in [6.45, 7) is 5.60. The van der Waals surface area contributed by atoms with Crippen molar-refractivity contribution in [1.29, 1.82) is 0 Å². The molecule has 1 aliphatic rings. The zero-order valence-corrected chi connectivity index (χ0v) is 16.2. The molecule has 2 N–H and O–H groups in total. The summed E-state index contributed by atoms with van der Waals surface area (Å²) in [6, 6.07) is 0. The lowest BCUT2D eigenvalue weighted by Crippen LogP contribution is -2.08. The van der Waals surface area contributed by atoms with E-state index in [2.05, 4.69) is 0 Å². The lowest BCUT2D eigenvalue weighted by Gasteiger charge is -2.28. The second kappa shape index (κ2) is 6.67. The number of hydrogen-bond acceptors (Lipinski definition) is 4. The fourth-order valence-electron chi connectivity index (χ4n) is 3.03. The molecule has 134 valence electrons. The quantitative estimate of drug-likeness (QED) is 0.380. The van der Waals surface area contributed by atoms with Crippen molar-refractivity contribution in [2.24, 2.45) is 0 Å². The van der Waals surface area contributed by atoms with Crippen molar-refractivity contribution in [2.45, 2.75) is 40.0 Å². The second-order valence-corrected chi connectivity index (χ2v) is 6.79. The first-order valence-electron chi connectivity index (χ1n) is 8.01. The normalized spacial score (nSPS) is 12.2. The highest BCUT2D eigenvalue weighted by Crippen LogP contribution is 2.59. The maximum Gasteiger partial charge on any atom is 0.190 e. The topological polar surface area (TPSA) is 58.9 Å². The molecule has 0 aliphatic carbocycles. The Balaban J connectivity index is 2.35. The Kier molecular flexibility index (Phi) is 4.89. The molecule has 25 heavy (non-hydrogen) atoms. The van der Waals surface area contributed by atoms with Gasteiger partial charge in [0.25, 0.3) is 0 Å².